The van der Waals surface area contributed by atoms with Crippen LogP contribution in [0.3, 0.4) is 0 Å². The van der Waals surface area contributed by atoms with E-state index in [-0.39, 0.29) is 0 Å². The number of nitrogens with one attached hydrogen (secondary N) is 1. The molecule has 1 aromatic carbocycles. The van der Waals surface area contributed by atoms with Crippen molar-refractivity contribution in [3.05, 3.63) is 35.2 Å². The van der Waals surface area contributed by atoms with Gasteiger partial charge in [-0.3, -0.25) is 0 Å². The van der Waals surface area contributed by atoms with E-state index in [0.717, 1.165) is 19.0 Å². The summed E-state index contributed by atoms with van der Waals surface area (Å²) in [7, 11) is 0. The number of benzene rings is 1. The molecule has 1 fully saturated rings. The normalized spacial score (nSPS) is 23.8. The molecule has 0 radical (unpaired) electrons. The first-order valence-corrected chi connectivity index (χ1v) is 8.44. The summed E-state index contributed by atoms with van der Waals surface area (Å²) in [5, 5.41) is 7.71. The summed E-state index contributed by atoms with van der Waals surface area (Å²) in [6.07, 6.45) is 5.01. The molecule has 0 amide bonds. The van der Waals surface area contributed by atoms with E-state index in [1.807, 2.05) is 11.3 Å². The van der Waals surface area contributed by atoms with E-state index in [1.54, 1.807) is 0 Å². The van der Waals surface area contributed by atoms with E-state index in [9.17, 15) is 0 Å². The minimum atomic E-state index is 0.405. The molecular formula is C16H20ClNS. The Balaban J connectivity index is 1.55. The second-order valence-corrected chi connectivity index (χ2v) is 7.05. The van der Waals surface area contributed by atoms with Crippen LogP contribution in [0.15, 0.2) is 29.6 Å². The molecular weight excluding hydrogens is 274 g/mol. The zero-order valence-electron chi connectivity index (χ0n) is 11.1. The molecule has 0 bridgehead atoms. The molecule has 3 rings (SSSR count). The fraction of sp³-hybridized carbons (Fsp3) is 0.500. The van der Waals surface area contributed by atoms with Gasteiger partial charge in [-0.15, -0.1) is 22.9 Å². The Hall–Kier alpha value is -0.570. The summed E-state index contributed by atoms with van der Waals surface area (Å²) in [4.78, 5) is 0. The van der Waals surface area contributed by atoms with Gasteiger partial charge in [-0.1, -0.05) is 24.6 Å². The van der Waals surface area contributed by atoms with Crippen LogP contribution in [-0.2, 0) is 6.54 Å². The maximum atomic E-state index is 6.24. The smallest absolute Gasteiger partial charge is 0.0346 e. The molecule has 2 aromatic rings. The fourth-order valence-corrected chi connectivity index (χ4v) is 4.36. The maximum absolute atomic E-state index is 6.24. The molecule has 1 aliphatic rings. The predicted octanol–water partition coefficient (Wildman–Crippen LogP) is 4.79. The van der Waals surface area contributed by atoms with Crippen LogP contribution in [0.1, 0.15) is 31.2 Å². The van der Waals surface area contributed by atoms with Crippen LogP contribution in [0.25, 0.3) is 10.1 Å². The number of thiophene rings is 1. The van der Waals surface area contributed by atoms with Gasteiger partial charge in [-0.25, -0.2) is 0 Å². The van der Waals surface area contributed by atoms with E-state index >= 15 is 0 Å². The van der Waals surface area contributed by atoms with E-state index in [1.165, 1.54) is 41.3 Å². The van der Waals surface area contributed by atoms with Crippen molar-refractivity contribution in [2.24, 2.45) is 5.92 Å². The lowest BCUT2D eigenvalue weighted by atomic mass is 9.89. The minimum absolute atomic E-state index is 0.405. The molecule has 1 saturated carbocycles. The van der Waals surface area contributed by atoms with Gasteiger partial charge in [0, 0.05) is 16.6 Å². The lowest BCUT2D eigenvalue weighted by molar-refractivity contribution is 0.346. The zero-order valence-corrected chi connectivity index (χ0v) is 12.6. The summed E-state index contributed by atoms with van der Waals surface area (Å²) in [5.74, 6) is 0.765. The molecule has 0 spiro atoms. The van der Waals surface area contributed by atoms with Crippen molar-refractivity contribution in [3.63, 3.8) is 0 Å². The predicted molar refractivity (Wildman–Crippen MR) is 85.1 cm³/mol. The van der Waals surface area contributed by atoms with E-state index in [0.29, 0.717) is 5.38 Å². The van der Waals surface area contributed by atoms with Crippen molar-refractivity contribution in [3.8, 4) is 0 Å². The highest BCUT2D eigenvalue weighted by Gasteiger charge is 2.19. The molecule has 1 aromatic heterocycles. The first kappa shape index (κ1) is 13.4. The molecule has 2 unspecified atom stereocenters. The van der Waals surface area contributed by atoms with Gasteiger partial charge in [0.15, 0.2) is 0 Å². The highest BCUT2D eigenvalue weighted by atomic mass is 35.5. The number of hydrogen-bond acceptors (Lipinski definition) is 2. The van der Waals surface area contributed by atoms with Crippen molar-refractivity contribution in [1.29, 1.82) is 0 Å². The first-order chi connectivity index (χ1) is 9.33. The second kappa shape index (κ2) is 6.25. The number of hydrogen-bond donors (Lipinski definition) is 1. The molecule has 0 saturated heterocycles. The number of fused-ring (bicyclic) bond motifs is 1. The lowest BCUT2D eigenvalue weighted by Gasteiger charge is -2.25. The molecule has 1 nitrogen and oxygen atoms in total. The van der Waals surface area contributed by atoms with Crippen LogP contribution in [0, 0.1) is 5.92 Å². The van der Waals surface area contributed by atoms with Gasteiger partial charge in [-0.05, 0) is 54.1 Å². The molecule has 3 heteroatoms. The number of alkyl halides is 1. The molecule has 1 aliphatic carbocycles. The van der Waals surface area contributed by atoms with Gasteiger partial charge in [0.25, 0.3) is 0 Å². The van der Waals surface area contributed by atoms with Crippen molar-refractivity contribution >= 4 is 33.0 Å². The number of rotatable bonds is 4. The summed E-state index contributed by atoms with van der Waals surface area (Å²) < 4.78 is 1.39. The van der Waals surface area contributed by atoms with Crippen LogP contribution in [-0.4, -0.2) is 11.9 Å². The quantitative estimate of drug-likeness (QED) is 0.799. The molecule has 1 heterocycles. The SMILES string of the molecule is ClC1CCCC(CNCc2csc3ccccc23)C1. The Morgan fingerprint density at radius 3 is 3.05 bits per heavy atom. The zero-order chi connectivity index (χ0) is 13.1. The van der Waals surface area contributed by atoms with Crippen molar-refractivity contribution in [2.75, 3.05) is 6.54 Å². The minimum Gasteiger partial charge on any atom is -0.312 e. The molecule has 0 aliphatic heterocycles. The Morgan fingerprint density at radius 2 is 2.16 bits per heavy atom. The molecule has 2 atom stereocenters. The van der Waals surface area contributed by atoms with Crippen LogP contribution in [0.5, 0.6) is 0 Å². The summed E-state index contributed by atoms with van der Waals surface area (Å²) in [6, 6.07) is 8.65. The Labute approximate surface area is 124 Å². The third-order valence-electron chi connectivity index (χ3n) is 4.03. The first-order valence-electron chi connectivity index (χ1n) is 7.13. The second-order valence-electron chi connectivity index (χ2n) is 5.52. The summed E-state index contributed by atoms with van der Waals surface area (Å²) in [5.41, 5.74) is 1.43. The fourth-order valence-electron chi connectivity index (χ4n) is 2.99. The Morgan fingerprint density at radius 1 is 1.26 bits per heavy atom. The Kier molecular flexibility index (Phi) is 4.42. The van der Waals surface area contributed by atoms with Crippen molar-refractivity contribution in [1.82, 2.24) is 5.32 Å². The van der Waals surface area contributed by atoms with Gasteiger partial charge in [0.05, 0.1) is 0 Å². The third-order valence-corrected chi connectivity index (χ3v) is 5.44. The van der Waals surface area contributed by atoms with Crippen molar-refractivity contribution in [2.45, 2.75) is 37.6 Å². The Bertz CT molecular complexity index is 536. The third kappa shape index (κ3) is 3.31. The van der Waals surface area contributed by atoms with Crippen molar-refractivity contribution < 1.29 is 0 Å². The lowest BCUT2D eigenvalue weighted by Crippen LogP contribution is -2.27. The van der Waals surface area contributed by atoms with Crippen LogP contribution in [0.2, 0.25) is 0 Å². The topological polar surface area (TPSA) is 12.0 Å². The molecule has 102 valence electrons. The van der Waals surface area contributed by atoms with Gasteiger partial charge < -0.3 is 5.32 Å². The van der Waals surface area contributed by atoms with E-state index in [2.05, 4.69) is 35.0 Å². The van der Waals surface area contributed by atoms with Crippen LogP contribution in [0.4, 0.5) is 0 Å². The van der Waals surface area contributed by atoms with Gasteiger partial charge in [-0.2, -0.15) is 0 Å². The highest BCUT2D eigenvalue weighted by Crippen LogP contribution is 2.28. The largest absolute Gasteiger partial charge is 0.312 e. The standard InChI is InChI=1S/C16H20ClNS/c17-14-5-3-4-12(8-14)9-18-10-13-11-19-16-7-2-1-6-15(13)16/h1-2,6-7,11-12,14,18H,3-5,8-10H2. The summed E-state index contributed by atoms with van der Waals surface area (Å²) >= 11 is 8.08. The van der Waals surface area contributed by atoms with Crippen LogP contribution < -0.4 is 5.32 Å². The van der Waals surface area contributed by atoms with Gasteiger partial charge >= 0.3 is 0 Å². The molecule has 19 heavy (non-hydrogen) atoms. The van der Waals surface area contributed by atoms with Gasteiger partial charge in [0.1, 0.15) is 0 Å². The molecule has 1 N–H and O–H groups in total. The monoisotopic (exact) mass is 293 g/mol. The summed E-state index contributed by atoms with van der Waals surface area (Å²) in [6.45, 7) is 2.08. The highest BCUT2D eigenvalue weighted by molar-refractivity contribution is 7.17. The number of halogens is 1. The average Bonchev–Trinajstić information content (AvgIpc) is 2.83. The maximum Gasteiger partial charge on any atom is 0.0346 e. The van der Waals surface area contributed by atoms with Gasteiger partial charge in [0.2, 0.25) is 0 Å². The van der Waals surface area contributed by atoms with E-state index in [4.69, 9.17) is 11.6 Å². The average molecular weight is 294 g/mol. The van der Waals surface area contributed by atoms with Crippen LogP contribution >= 0.6 is 22.9 Å². The van der Waals surface area contributed by atoms with E-state index < -0.39 is 0 Å².